The Morgan fingerprint density at radius 3 is 2.65 bits per heavy atom. The van der Waals surface area contributed by atoms with Gasteiger partial charge in [-0.2, -0.15) is 0 Å². The molecule has 5 heteroatoms. The van der Waals surface area contributed by atoms with Crippen molar-refractivity contribution < 1.29 is 9.90 Å². The second-order valence-corrected chi connectivity index (χ2v) is 3.60. The van der Waals surface area contributed by atoms with Crippen molar-refractivity contribution in [2.24, 2.45) is 0 Å². The van der Waals surface area contributed by atoms with Gasteiger partial charge in [0.15, 0.2) is 0 Å². The van der Waals surface area contributed by atoms with Crippen molar-refractivity contribution in [3.8, 4) is 5.75 Å². The van der Waals surface area contributed by atoms with Gasteiger partial charge < -0.3 is 10.4 Å². The number of nitrogens with zero attached hydrogens (tertiary/aromatic N) is 2. The van der Waals surface area contributed by atoms with Gasteiger partial charge in [-0.3, -0.25) is 4.79 Å². The second-order valence-electron chi connectivity index (χ2n) is 3.60. The van der Waals surface area contributed by atoms with Crippen molar-refractivity contribution >= 4 is 11.6 Å². The van der Waals surface area contributed by atoms with E-state index in [0.29, 0.717) is 11.3 Å². The number of carbonyl (C=O) groups excluding carboxylic acids is 1. The van der Waals surface area contributed by atoms with E-state index in [1.54, 1.807) is 18.2 Å². The van der Waals surface area contributed by atoms with Gasteiger partial charge in [-0.15, -0.1) is 0 Å². The summed E-state index contributed by atoms with van der Waals surface area (Å²) in [5.41, 5.74) is 1.63. The van der Waals surface area contributed by atoms with Crippen LogP contribution in [0.15, 0.2) is 36.9 Å². The van der Waals surface area contributed by atoms with Crippen LogP contribution in [0.25, 0.3) is 0 Å². The van der Waals surface area contributed by atoms with Crippen LogP contribution in [0.2, 0.25) is 0 Å². The molecule has 0 bridgehead atoms. The summed E-state index contributed by atoms with van der Waals surface area (Å²) < 4.78 is 0. The summed E-state index contributed by atoms with van der Waals surface area (Å²) in [5.74, 6) is -0.319. The largest absolute Gasteiger partial charge is 0.506 e. The summed E-state index contributed by atoms with van der Waals surface area (Å²) in [6, 6.07) is 5.03. The quantitative estimate of drug-likeness (QED) is 0.769. The topological polar surface area (TPSA) is 75.1 Å². The van der Waals surface area contributed by atoms with Crippen molar-refractivity contribution in [3.63, 3.8) is 0 Å². The number of aromatic hydroxyl groups is 1. The molecule has 2 aromatic rings. The molecule has 86 valence electrons. The van der Waals surface area contributed by atoms with E-state index in [2.05, 4.69) is 15.3 Å². The Labute approximate surface area is 98.2 Å². The molecule has 1 aromatic carbocycles. The second kappa shape index (κ2) is 4.61. The Morgan fingerprint density at radius 1 is 1.29 bits per heavy atom. The van der Waals surface area contributed by atoms with Crippen LogP contribution in [-0.4, -0.2) is 21.0 Å². The zero-order chi connectivity index (χ0) is 12.3. The molecule has 0 radical (unpaired) electrons. The maximum Gasteiger partial charge on any atom is 0.258 e. The number of hydrogen-bond donors (Lipinski definition) is 2. The first kappa shape index (κ1) is 11.1. The van der Waals surface area contributed by atoms with Crippen LogP contribution < -0.4 is 5.32 Å². The van der Waals surface area contributed by atoms with Gasteiger partial charge in [0.25, 0.3) is 5.91 Å². The first-order valence-corrected chi connectivity index (χ1v) is 5.03. The number of carbonyl (C=O) groups is 1. The molecular weight excluding hydrogens is 218 g/mol. The molecule has 2 N–H and O–H groups in total. The number of rotatable bonds is 2. The zero-order valence-corrected chi connectivity index (χ0v) is 9.21. The van der Waals surface area contributed by atoms with Crippen molar-refractivity contribution in [1.29, 1.82) is 0 Å². The van der Waals surface area contributed by atoms with Crippen LogP contribution >= 0.6 is 0 Å². The molecule has 5 nitrogen and oxygen atoms in total. The van der Waals surface area contributed by atoms with Crippen LogP contribution in [0.5, 0.6) is 5.75 Å². The first-order chi connectivity index (χ1) is 8.16. The van der Waals surface area contributed by atoms with E-state index in [1.165, 1.54) is 18.7 Å². The lowest BCUT2D eigenvalue weighted by atomic mass is 10.2. The maximum atomic E-state index is 11.7. The summed E-state index contributed by atoms with van der Waals surface area (Å²) in [6.07, 6.45) is 4.17. The number of nitrogens with one attached hydrogen (secondary N) is 1. The first-order valence-electron chi connectivity index (χ1n) is 5.03. The number of phenolic OH excluding ortho intramolecular Hbond substituents is 1. The molecule has 0 atom stereocenters. The normalized spacial score (nSPS) is 9.94. The lowest BCUT2D eigenvalue weighted by Crippen LogP contribution is -2.12. The molecule has 0 unspecified atom stereocenters. The zero-order valence-electron chi connectivity index (χ0n) is 9.21. The Bertz CT molecular complexity index is 541. The Hall–Kier alpha value is -2.43. The molecule has 0 saturated heterocycles. The highest BCUT2D eigenvalue weighted by Crippen LogP contribution is 2.24. The van der Waals surface area contributed by atoms with Crippen LogP contribution in [0.1, 0.15) is 15.9 Å². The summed E-state index contributed by atoms with van der Waals surface area (Å²) in [4.78, 5) is 19.2. The Balaban J connectivity index is 2.19. The molecule has 0 aliphatic carbocycles. The SMILES string of the molecule is Cc1ccc(NC(=O)c2cncnc2)c(O)c1. The third-order valence-corrected chi connectivity index (χ3v) is 2.22. The molecular formula is C12H11N3O2. The van der Waals surface area contributed by atoms with Crippen LogP contribution in [0.3, 0.4) is 0 Å². The van der Waals surface area contributed by atoms with E-state index < -0.39 is 0 Å². The minimum Gasteiger partial charge on any atom is -0.506 e. The highest BCUT2D eigenvalue weighted by molar-refractivity contribution is 6.04. The average molecular weight is 229 g/mol. The van der Waals surface area contributed by atoms with Gasteiger partial charge in [-0.05, 0) is 24.6 Å². The Kier molecular flexibility index (Phi) is 3.00. The van der Waals surface area contributed by atoms with Crippen molar-refractivity contribution in [3.05, 3.63) is 48.0 Å². The van der Waals surface area contributed by atoms with Crippen molar-refractivity contribution in [2.45, 2.75) is 6.92 Å². The standard InChI is InChI=1S/C12H11N3O2/c1-8-2-3-10(11(16)4-8)15-12(17)9-5-13-7-14-6-9/h2-7,16H,1H3,(H,15,17). The fourth-order valence-electron chi connectivity index (χ4n) is 1.36. The minimum atomic E-state index is -0.357. The number of benzene rings is 1. The van der Waals surface area contributed by atoms with Crippen LogP contribution in [0.4, 0.5) is 5.69 Å². The summed E-state index contributed by atoms with van der Waals surface area (Å²) in [7, 11) is 0. The van der Waals surface area contributed by atoms with Gasteiger partial charge in [0.1, 0.15) is 12.1 Å². The molecule has 0 aliphatic heterocycles. The highest BCUT2D eigenvalue weighted by Gasteiger charge is 2.08. The van der Waals surface area contributed by atoms with Gasteiger partial charge in [0, 0.05) is 12.4 Å². The lowest BCUT2D eigenvalue weighted by molar-refractivity contribution is 0.102. The van der Waals surface area contributed by atoms with Gasteiger partial charge in [0.05, 0.1) is 11.3 Å². The average Bonchev–Trinajstić information content (AvgIpc) is 2.34. The maximum absolute atomic E-state index is 11.7. The number of amides is 1. The molecule has 1 amide bonds. The Morgan fingerprint density at radius 2 is 2.00 bits per heavy atom. The van der Waals surface area contributed by atoms with E-state index in [9.17, 15) is 9.90 Å². The molecule has 1 aromatic heterocycles. The predicted octanol–water partition coefficient (Wildman–Crippen LogP) is 1.74. The van der Waals surface area contributed by atoms with E-state index in [4.69, 9.17) is 0 Å². The smallest absolute Gasteiger partial charge is 0.258 e. The van der Waals surface area contributed by atoms with Gasteiger partial charge >= 0.3 is 0 Å². The van der Waals surface area contributed by atoms with Crippen LogP contribution in [0, 0.1) is 6.92 Å². The van der Waals surface area contributed by atoms with Crippen LogP contribution in [-0.2, 0) is 0 Å². The number of anilines is 1. The van der Waals surface area contributed by atoms with Gasteiger partial charge in [0.2, 0.25) is 0 Å². The highest BCUT2D eigenvalue weighted by atomic mass is 16.3. The number of hydrogen-bond acceptors (Lipinski definition) is 4. The summed E-state index contributed by atoms with van der Waals surface area (Å²) in [5, 5.41) is 12.2. The van der Waals surface area contributed by atoms with E-state index in [0.717, 1.165) is 5.56 Å². The molecule has 0 saturated carbocycles. The number of aromatic nitrogens is 2. The summed E-state index contributed by atoms with van der Waals surface area (Å²) >= 11 is 0. The summed E-state index contributed by atoms with van der Waals surface area (Å²) in [6.45, 7) is 1.86. The van der Waals surface area contributed by atoms with Crippen molar-refractivity contribution in [1.82, 2.24) is 9.97 Å². The van der Waals surface area contributed by atoms with E-state index >= 15 is 0 Å². The molecule has 2 rings (SSSR count). The molecule has 1 heterocycles. The molecule has 0 aliphatic rings. The molecule has 17 heavy (non-hydrogen) atoms. The van der Waals surface area contributed by atoms with E-state index in [-0.39, 0.29) is 11.7 Å². The minimum absolute atomic E-state index is 0.0372. The molecule has 0 fully saturated rings. The fourth-order valence-corrected chi connectivity index (χ4v) is 1.36. The van der Waals surface area contributed by atoms with Crippen molar-refractivity contribution in [2.75, 3.05) is 5.32 Å². The third kappa shape index (κ3) is 2.57. The molecule has 0 spiro atoms. The van der Waals surface area contributed by atoms with E-state index in [1.807, 2.05) is 6.92 Å². The predicted molar refractivity (Wildman–Crippen MR) is 62.8 cm³/mol. The monoisotopic (exact) mass is 229 g/mol. The third-order valence-electron chi connectivity index (χ3n) is 2.22. The number of phenols is 1. The van der Waals surface area contributed by atoms with Gasteiger partial charge in [-0.25, -0.2) is 9.97 Å². The van der Waals surface area contributed by atoms with Gasteiger partial charge in [-0.1, -0.05) is 6.07 Å². The lowest BCUT2D eigenvalue weighted by Gasteiger charge is -2.07. The fraction of sp³-hybridized carbons (Fsp3) is 0.0833. The number of aryl methyl sites for hydroxylation is 1.